The lowest BCUT2D eigenvalue weighted by Crippen LogP contribution is -2.66. The van der Waals surface area contributed by atoms with Gasteiger partial charge in [-0.05, 0) is 48.1 Å². The molecule has 1 fully saturated rings. The molecule has 212 valence electrons. The molecule has 0 bridgehead atoms. The molecule has 1 saturated heterocycles. The van der Waals surface area contributed by atoms with Crippen LogP contribution in [0.4, 0.5) is 4.79 Å². The maximum absolute atomic E-state index is 14.7. The molecule has 2 atom stereocenters. The van der Waals surface area contributed by atoms with Gasteiger partial charge in [-0.25, -0.2) is 4.79 Å². The molecule has 41 heavy (non-hydrogen) atoms. The Labute approximate surface area is 241 Å². The topological polar surface area (TPSA) is 86.0 Å². The van der Waals surface area contributed by atoms with E-state index < -0.39 is 17.6 Å². The van der Waals surface area contributed by atoms with Crippen molar-refractivity contribution >= 4 is 12.0 Å². The third kappa shape index (κ3) is 5.57. The Morgan fingerprint density at radius 2 is 1.49 bits per heavy atom. The van der Waals surface area contributed by atoms with Crippen molar-refractivity contribution in [3.8, 4) is 22.7 Å². The first kappa shape index (κ1) is 28.0. The molecule has 2 N–H and O–H groups in total. The zero-order valence-electron chi connectivity index (χ0n) is 24.0. The van der Waals surface area contributed by atoms with Crippen LogP contribution in [0.3, 0.4) is 0 Å². The smallest absolute Gasteiger partial charge is 0.407 e. The first-order valence-corrected chi connectivity index (χ1v) is 14.0. The highest BCUT2D eigenvalue weighted by Crippen LogP contribution is 2.37. The second-order valence-electron chi connectivity index (χ2n) is 11.8. The molecule has 0 saturated carbocycles. The van der Waals surface area contributed by atoms with Crippen LogP contribution in [-0.4, -0.2) is 61.8 Å². The average Bonchev–Trinajstić information content (AvgIpc) is 3.29. The number of nitrogens with zero attached hydrogens (tertiary/aromatic N) is 3. The van der Waals surface area contributed by atoms with Gasteiger partial charge < -0.3 is 24.6 Å². The molecule has 2 heterocycles. The second kappa shape index (κ2) is 11.2. The molecule has 1 aromatic heterocycles. The number of carbonyl (C=O) groups excluding carboxylic acids is 1. The van der Waals surface area contributed by atoms with Crippen molar-refractivity contribution in [2.24, 2.45) is 5.41 Å². The summed E-state index contributed by atoms with van der Waals surface area (Å²) >= 11 is 0. The zero-order chi connectivity index (χ0) is 29.3. The molecule has 0 aliphatic carbocycles. The fourth-order valence-corrected chi connectivity index (χ4v) is 6.29. The predicted octanol–water partition coefficient (Wildman–Crippen LogP) is 6.62. The number of carbonyl (C=O) groups is 2. The van der Waals surface area contributed by atoms with E-state index in [1.807, 2.05) is 110 Å². The summed E-state index contributed by atoms with van der Waals surface area (Å²) in [6.45, 7) is 8.60. The molecule has 1 aliphatic rings. The van der Waals surface area contributed by atoms with Crippen LogP contribution in [0.15, 0.2) is 91.0 Å². The van der Waals surface area contributed by atoms with Crippen molar-refractivity contribution < 1.29 is 19.8 Å². The molecule has 2 amide bonds. The number of piperazine rings is 1. The van der Waals surface area contributed by atoms with Crippen molar-refractivity contribution in [1.29, 1.82) is 0 Å². The third-order valence-electron chi connectivity index (χ3n) is 7.91. The summed E-state index contributed by atoms with van der Waals surface area (Å²) in [5.74, 6) is 0.00861. The quantitative estimate of drug-likeness (QED) is 0.292. The molecular weight excluding hydrogens is 514 g/mol. The molecule has 1 aliphatic heterocycles. The highest BCUT2D eigenvalue weighted by Gasteiger charge is 2.47. The number of carboxylic acid groups (broad SMARTS) is 1. The predicted molar refractivity (Wildman–Crippen MR) is 161 cm³/mol. The lowest BCUT2D eigenvalue weighted by Gasteiger charge is -2.51. The highest BCUT2D eigenvalue weighted by molar-refractivity contribution is 6.01. The van der Waals surface area contributed by atoms with Crippen LogP contribution in [0.5, 0.6) is 5.75 Å². The van der Waals surface area contributed by atoms with Gasteiger partial charge in [-0.2, -0.15) is 0 Å². The number of rotatable bonds is 5. The monoisotopic (exact) mass is 551 g/mol. The zero-order valence-corrected chi connectivity index (χ0v) is 24.0. The van der Waals surface area contributed by atoms with E-state index >= 15 is 0 Å². The van der Waals surface area contributed by atoms with Crippen LogP contribution in [-0.2, 0) is 6.42 Å². The molecular formula is C34H37N3O4. The summed E-state index contributed by atoms with van der Waals surface area (Å²) < 4.78 is 2.00. The minimum Gasteiger partial charge on any atom is -0.508 e. The maximum atomic E-state index is 14.7. The standard InChI is InChI=1S/C34H37N3O4/c1-23-20-28(30(25-14-9-6-10-15-25)37(23)26-16-11-17-27(38)22-26)32(39)35-18-19-36(33(40)41)31(34(2,3)4)29(35)21-24-12-7-5-8-13-24/h5-17,20,22,29,31,38H,18-19,21H2,1-4H3,(H,40,41)/t29-,31?/m1/s1. The summed E-state index contributed by atoms with van der Waals surface area (Å²) in [5.41, 5.74) is 4.41. The van der Waals surface area contributed by atoms with Gasteiger partial charge in [0.05, 0.1) is 23.3 Å². The Hall–Kier alpha value is -4.52. The lowest BCUT2D eigenvalue weighted by atomic mass is 9.77. The van der Waals surface area contributed by atoms with E-state index in [0.717, 1.165) is 28.2 Å². The van der Waals surface area contributed by atoms with Gasteiger partial charge in [0.25, 0.3) is 5.91 Å². The molecule has 5 rings (SSSR count). The molecule has 7 heteroatoms. The summed E-state index contributed by atoms with van der Waals surface area (Å²) in [7, 11) is 0. The largest absolute Gasteiger partial charge is 0.508 e. The van der Waals surface area contributed by atoms with Gasteiger partial charge in [0.1, 0.15) is 5.75 Å². The summed E-state index contributed by atoms with van der Waals surface area (Å²) in [5, 5.41) is 20.4. The van der Waals surface area contributed by atoms with E-state index in [0.29, 0.717) is 18.5 Å². The summed E-state index contributed by atoms with van der Waals surface area (Å²) in [4.78, 5) is 30.5. The molecule has 4 aromatic rings. The number of amides is 2. The van der Waals surface area contributed by atoms with Gasteiger partial charge in [-0.15, -0.1) is 0 Å². The minimum atomic E-state index is -0.967. The highest BCUT2D eigenvalue weighted by atomic mass is 16.4. The van der Waals surface area contributed by atoms with Gasteiger partial charge in [0, 0.05) is 30.5 Å². The SMILES string of the molecule is Cc1cc(C(=O)N2CCN(C(=O)O)C(C(C)(C)C)[C@H]2Cc2ccccc2)c(-c2ccccc2)n1-c1cccc(O)c1. The van der Waals surface area contributed by atoms with E-state index in [-0.39, 0.29) is 24.2 Å². The van der Waals surface area contributed by atoms with Gasteiger partial charge in [-0.3, -0.25) is 4.79 Å². The Kier molecular flexibility index (Phi) is 7.63. The summed E-state index contributed by atoms with van der Waals surface area (Å²) in [6.07, 6.45) is -0.434. The number of aromatic nitrogens is 1. The normalized spacial score (nSPS) is 17.5. The fourth-order valence-electron chi connectivity index (χ4n) is 6.29. The molecule has 0 spiro atoms. The van der Waals surface area contributed by atoms with Crippen LogP contribution in [0.25, 0.3) is 16.9 Å². The van der Waals surface area contributed by atoms with Crippen LogP contribution in [0.2, 0.25) is 0 Å². The Bertz CT molecular complexity index is 1540. The van der Waals surface area contributed by atoms with Crippen LogP contribution >= 0.6 is 0 Å². The second-order valence-corrected chi connectivity index (χ2v) is 11.8. The van der Waals surface area contributed by atoms with Gasteiger partial charge in [0.2, 0.25) is 0 Å². The molecule has 1 unspecified atom stereocenters. The minimum absolute atomic E-state index is 0.133. The third-order valence-corrected chi connectivity index (χ3v) is 7.91. The Balaban J connectivity index is 1.66. The van der Waals surface area contributed by atoms with E-state index in [9.17, 15) is 19.8 Å². The first-order chi connectivity index (χ1) is 19.6. The first-order valence-electron chi connectivity index (χ1n) is 14.0. The van der Waals surface area contributed by atoms with E-state index in [1.54, 1.807) is 18.2 Å². The number of aryl methyl sites for hydroxylation is 1. The van der Waals surface area contributed by atoms with Crippen molar-refractivity contribution in [3.05, 3.63) is 108 Å². The number of phenolic OH excluding ortho intramolecular Hbond substituents is 1. The Morgan fingerprint density at radius 3 is 2.10 bits per heavy atom. The number of hydrogen-bond donors (Lipinski definition) is 2. The Morgan fingerprint density at radius 1 is 0.854 bits per heavy atom. The average molecular weight is 552 g/mol. The molecule has 3 aromatic carbocycles. The van der Waals surface area contributed by atoms with E-state index in [4.69, 9.17) is 0 Å². The van der Waals surface area contributed by atoms with Crippen LogP contribution in [0, 0.1) is 12.3 Å². The maximum Gasteiger partial charge on any atom is 0.407 e. The molecule has 7 nitrogen and oxygen atoms in total. The van der Waals surface area contributed by atoms with E-state index in [1.165, 1.54) is 4.90 Å². The van der Waals surface area contributed by atoms with E-state index in [2.05, 4.69) is 0 Å². The van der Waals surface area contributed by atoms with Gasteiger partial charge in [-0.1, -0.05) is 87.5 Å². The number of aromatic hydroxyl groups is 1. The van der Waals surface area contributed by atoms with Gasteiger partial charge >= 0.3 is 6.09 Å². The van der Waals surface area contributed by atoms with Crippen molar-refractivity contribution in [2.45, 2.75) is 46.2 Å². The van der Waals surface area contributed by atoms with Crippen molar-refractivity contribution in [2.75, 3.05) is 13.1 Å². The van der Waals surface area contributed by atoms with Gasteiger partial charge in [0.15, 0.2) is 0 Å². The number of phenols is 1. The van der Waals surface area contributed by atoms with Crippen molar-refractivity contribution in [1.82, 2.24) is 14.4 Å². The van der Waals surface area contributed by atoms with Crippen LogP contribution < -0.4 is 0 Å². The molecule has 0 radical (unpaired) electrons. The number of hydrogen-bond acceptors (Lipinski definition) is 3. The fraction of sp³-hybridized carbons (Fsp3) is 0.294. The number of benzene rings is 3. The lowest BCUT2D eigenvalue weighted by molar-refractivity contribution is -0.0144. The van der Waals surface area contributed by atoms with Crippen LogP contribution in [0.1, 0.15) is 42.4 Å². The van der Waals surface area contributed by atoms with Crippen molar-refractivity contribution in [3.63, 3.8) is 0 Å². The summed E-state index contributed by atoms with van der Waals surface area (Å²) in [6, 6.07) is 27.9.